The first-order valence-corrected chi connectivity index (χ1v) is 5.77. The number of rotatable bonds is 3. The van der Waals surface area contributed by atoms with Crippen molar-refractivity contribution in [1.82, 2.24) is 15.1 Å². The third kappa shape index (κ3) is 2.59. The molecule has 1 aromatic carbocycles. The van der Waals surface area contributed by atoms with Crippen molar-refractivity contribution in [2.24, 2.45) is 0 Å². The fourth-order valence-corrected chi connectivity index (χ4v) is 1.92. The second kappa shape index (κ2) is 5.04. The summed E-state index contributed by atoms with van der Waals surface area (Å²) in [5.74, 6) is -0.176. The average molecular weight is 242 g/mol. The molecule has 0 saturated heterocycles. The lowest BCUT2D eigenvalue weighted by Crippen LogP contribution is -2.16. The van der Waals surface area contributed by atoms with Crippen molar-refractivity contribution in [3.05, 3.63) is 59.9 Å². The van der Waals surface area contributed by atoms with Gasteiger partial charge in [0.2, 0.25) is 0 Å². The molecule has 1 aromatic heterocycles. The maximum atomic E-state index is 11.5. The van der Waals surface area contributed by atoms with Crippen LogP contribution in [0, 0.1) is 20.9 Å². The number of hydrogen-bond donors (Lipinski definition) is 1. The number of benzene rings is 1. The van der Waals surface area contributed by atoms with Gasteiger partial charge < -0.3 is 5.32 Å². The van der Waals surface area contributed by atoms with Crippen molar-refractivity contribution in [3.8, 4) is 0 Å². The fourth-order valence-electron chi connectivity index (χ4n) is 1.92. The second-order valence-corrected chi connectivity index (χ2v) is 4.29. The Hall–Kier alpha value is -2.10. The Bertz CT molecular complexity index is 572. The van der Waals surface area contributed by atoms with E-state index < -0.39 is 0 Å². The molecule has 1 amide bonds. The molecule has 0 unspecified atom stereocenters. The number of hydrogen-bond acceptors (Lipinski definition) is 2. The SMILES string of the molecule is [CH2]NC(=O)c1cccc(Cn2nc(C)cc2C)c1. The molecule has 0 spiro atoms. The van der Waals surface area contributed by atoms with E-state index in [1.54, 1.807) is 6.07 Å². The van der Waals surface area contributed by atoms with E-state index in [0.717, 1.165) is 17.0 Å². The minimum atomic E-state index is -0.176. The number of aryl methyl sites for hydroxylation is 2. The summed E-state index contributed by atoms with van der Waals surface area (Å²) in [4.78, 5) is 11.5. The minimum Gasteiger partial charge on any atom is -0.350 e. The third-order valence-electron chi connectivity index (χ3n) is 2.79. The van der Waals surface area contributed by atoms with Gasteiger partial charge in [-0.3, -0.25) is 9.48 Å². The van der Waals surface area contributed by atoms with Crippen molar-refractivity contribution in [1.29, 1.82) is 0 Å². The molecule has 18 heavy (non-hydrogen) atoms. The first-order valence-electron chi connectivity index (χ1n) is 5.77. The van der Waals surface area contributed by atoms with Gasteiger partial charge in [0.05, 0.1) is 12.2 Å². The highest BCUT2D eigenvalue weighted by atomic mass is 16.1. The molecule has 2 aromatic rings. The Balaban J connectivity index is 2.24. The lowest BCUT2D eigenvalue weighted by atomic mass is 10.1. The van der Waals surface area contributed by atoms with Gasteiger partial charge in [0.25, 0.3) is 5.91 Å². The van der Waals surface area contributed by atoms with Gasteiger partial charge >= 0.3 is 0 Å². The lowest BCUT2D eigenvalue weighted by Gasteiger charge is -2.06. The maximum absolute atomic E-state index is 11.5. The fraction of sp³-hybridized carbons (Fsp3) is 0.214. The smallest absolute Gasteiger partial charge is 0.251 e. The molecule has 1 N–H and O–H groups in total. The number of carbonyl (C=O) groups excluding carboxylic acids is 1. The summed E-state index contributed by atoms with van der Waals surface area (Å²) in [5, 5.41) is 6.78. The van der Waals surface area contributed by atoms with Gasteiger partial charge in [0.15, 0.2) is 0 Å². The predicted molar refractivity (Wildman–Crippen MR) is 70.1 cm³/mol. The van der Waals surface area contributed by atoms with Gasteiger partial charge in [-0.2, -0.15) is 5.10 Å². The van der Waals surface area contributed by atoms with Crippen LogP contribution in [0.1, 0.15) is 27.3 Å². The van der Waals surface area contributed by atoms with Crippen molar-refractivity contribution < 1.29 is 4.79 Å². The number of carbonyl (C=O) groups is 1. The quantitative estimate of drug-likeness (QED) is 0.895. The van der Waals surface area contributed by atoms with Crippen LogP contribution in [0.5, 0.6) is 0 Å². The number of nitrogens with one attached hydrogen (secondary N) is 1. The molecule has 1 radical (unpaired) electrons. The first-order chi connectivity index (χ1) is 8.60. The predicted octanol–water partition coefficient (Wildman–Crippen LogP) is 2.07. The molecule has 93 valence electrons. The largest absolute Gasteiger partial charge is 0.350 e. The molecule has 0 bridgehead atoms. The van der Waals surface area contributed by atoms with Crippen LogP contribution >= 0.6 is 0 Å². The van der Waals surface area contributed by atoms with Crippen LogP contribution in [-0.2, 0) is 6.54 Å². The van der Waals surface area contributed by atoms with Gasteiger partial charge in [0.1, 0.15) is 0 Å². The van der Waals surface area contributed by atoms with Gasteiger partial charge in [-0.25, -0.2) is 0 Å². The monoisotopic (exact) mass is 242 g/mol. The van der Waals surface area contributed by atoms with Crippen molar-refractivity contribution in [3.63, 3.8) is 0 Å². The van der Waals surface area contributed by atoms with Crippen LogP contribution in [0.4, 0.5) is 0 Å². The molecule has 1 heterocycles. The molecule has 4 heteroatoms. The van der Waals surface area contributed by atoms with Crippen LogP contribution in [0.25, 0.3) is 0 Å². The molecule has 0 saturated carbocycles. The van der Waals surface area contributed by atoms with Gasteiger partial charge in [-0.15, -0.1) is 0 Å². The van der Waals surface area contributed by atoms with Crippen LogP contribution in [0.15, 0.2) is 30.3 Å². The molecule has 0 atom stereocenters. The summed E-state index contributed by atoms with van der Waals surface area (Å²) in [6, 6.07) is 9.51. The van der Waals surface area contributed by atoms with Crippen molar-refractivity contribution >= 4 is 5.91 Å². The number of nitrogens with zero attached hydrogens (tertiary/aromatic N) is 2. The minimum absolute atomic E-state index is 0.176. The Labute approximate surface area is 107 Å². The van der Waals surface area contributed by atoms with Crippen molar-refractivity contribution in [2.75, 3.05) is 0 Å². The number of aromatic nitrogens is 2. The molecule has 0 aliphatic carbocycles. The van der Waals surface area contributed by atoms with Gasteiger partial charge in [0, 0.05) is 18.3 Å². The Morgan fingerprint density at radius 1 is 1.39 bits per heavy atom. The summed E-state index contributed by atoms with van der Waals surface area (Å²) in [5.41, 5.74) is 3.77. The van der Waals surface area contributed by atoms with E-state index >= 15 is 0 Å². The van der Waals surface area contributed by atoms with Crippen molar-refractivity contribution in [2.45, 2.75) is 20.4 Å². The van der Waals surface area contributed by atoms with E-state index in [2.05, 4.69) is 17.5 Å². The summed E-state index contributed by atoms with van der Waals surface area (Å²) in [7, 11) is 3.38. The summed E-state index contributed by atoms with van der Waals surface area (Å²) >= 11 is 0. The van der Waals surface area contributed by atoms with E-state index in [1.807, 2.05) is 42.8 Å². The van der Waals surface area contributed by atoms with Crippen LogP contribution in [0.2, 0.25) is 0 Å². The normalized spacial score (nSPS) is 10.4. The molecule has 2 rings (SSSR count). The molecular weight excluding hydrogens is 226 g/mol. The van der Waals surface area contributed by atoms with E-state index in [1.165, 1.54) is 0 Å². The first kappa shape index (κ1) is 12.4. The zero-order valence-electron chi connectivity index (χ0n) is 10.6. The molecular formula is C14H16N3O. The van der Waals surface area contributed by atoms with Crippen LogP contribution < -0.4 is 5.32 Å². The highest BCUT2D eigenvalue weighted by Crippen LogP contribution is 2.09. The topological polar surface area (TPSA) is 46.9 Å². The highest BCUT2D eigenvalue weighted by Gasteiger charge is 2.06. The third-order valence-corrected chi connectivity index (χ3v) is 2.79. The molecule has 0 aliphatic rings. The number of amides is 1. The van der Waals surface area contributed by atoms with Crippen LogP contribution in [0.3, 0.4) is 0 Å². The molecule has 4 nitrogen and oxygen atoms in total. The summed E-state index contributed by atoms with van der Waals surface area (Å²) in [6.07, 6.45) is 0. The Morgan fingerprint density at radius 2 is 2.17 bits per heavy atom. The van der Waals surface area contributed by atoms with Crippen LogP contribution in [-0.4, -0.2) is 15.7 Å². The van der Waals surface area contributed by atoms with Gasteiger partial charge in [-0.05, 0) is 37.6 Å². The average Bonchev–Trinajstić information content (AvgIpc) is 2.67. The zero-order valence-corrected chi connectivity index (χ0v) is 10.6. The highest BCUT2D eigenvalue weighted by molar-refractivity contribution is 5.94. The van der Waals surface area contributed by atoms with E-state index in [9.17, 15) is 4.79 Å². The van der Waals surface area contributed by atoms with E-state index in [-0.39, 0.29) is 5.91 Å². The van der Waals surface area contributed by atoms with E-state index in [4.69, 9.17) is 0 Å². The zero-order chi connectivity index (χ0) is 13.1. The molecule has 0 aliphatic heterocycles. The standard InChI is InChI=1S/C14H16N3O/c1-10-7-11(2)17(16-10)9-12-5-4-6-13(8-12)14(18)15-3/h4-8H,3,9H2,1-2H3,(H,15,18). The lowest BCUT2D eigenvalue weighted by molar-refractivity contribution is 0.0969. The van der Waals surface area contributed by atoms with Gasteiger partial charge in [-0.1, -0.05) is 12.1 Å². The Morgan fingerprint density at radius 3 is 2.78 bits per heavy atom. The maximum Gasteiger partial charge on any atom is 0.251 e. The van der Waals surface area contributed by atoms with E-state index in [0.29, 0.717) is 12.1 Å². The molecule has 0 fully saturated rings. The summed E-state index contributed by atoms with van der Waals surface area (Å²) < 4.78 is 1.93. The second-order valence-electron chi connectivity index (χ2n) is 4.29. The Kier molecular flexibility index (Phi) is 3.46. The summed E-state index contributed by atoms with van der Waals surface area (Å²) in [6.45, 7) is 4.65.